The summed E-state index contributed by atoms with van der Waals surface area (Å²) in [6, 6.07) is 4.54. The fourth-order valence-electron chi connectivity index (χ4n) is 2.46. The number of nitrogens with zero attached hydrogens (tertiary/aromatic N) is 2. The van der Waals surface area contributed by atoms with Crippen LogP contribution < -0.4 is 4.72 Å². The van der Waals surface area contributed by atoms with E-state index in [0.717, 1.165) is 6.07 Å². The number of nitro groups is 1. The summed E-state index contributed by atoms with van der Waals surface area (Å²) in [4.78, 5) is 12.4. The molecule has 130 valence electrons. The van der Waals surface area contributed by atoms with Gasteiger partial charge in [-0.05, 0) is 40.7 Å². The third-order valence-corrected chi connectivity index (χ3v) is 5.13. The van der Waals surface area contributed by atoms with E-state index in [-0.39, 0.29) is 17.1 Å². The molecule has 1 aromatic carbocycles. The van der Waals surface area contributed by atoms with Gasteiger partial charge in [-0.15, -0.1) is 0 Å². The largest absolute Gasteiger partial charge is 0.297 e. The molecule has 0 amide bonds. The minimum absolute atomic E-state index is 0.0876. The number of hydrogen-bond donors (Lipinski definition) is 1. The maximum Gasteiger partial charge on any atom is 0.273 e. The normalized spacial score (nSPS) is 12.3. The molecular weight excluding hydrogens is 318 g/mol. The van der Waals surface area contributed by atoms with Crippen LogP contribution in [0.25, 0.3) is 0 Å². The fraction of sp³-hybridized carbons (Fsp3) is 0.600. The number of aryl methyl sites for hydroxylation is 1. The molecule has 1 aromatic rings. The molecule has 0 fully saturated rings. The molecule has 7 nitrogen and oxygen atoms in total. The summed E-state index contributed by atoms with van der Waals surface area (Å²) in [7, 11) is -3.76. The molecule has 0 atom stereocenters. The zero-order valence-electron chi connectivity index (χ0n) is 14.2. The van der Waals surface area contributed by atoms with Crippen molar-refractivity contribution in [1.29, 1.82) is 0 Å². The van der Waals surface area contributed by atoms with Gasteiger partial charge in [0.2, 0.25) is 10.0 Å². The first-order valence-electron chi connectivity index (χ1n) is 7.56. The van der Waals surface area contributed by atoms with Crippen molar-refractivity contribution in [3.8, 4) is 0 Å². The Morgan fingerprint density at radius 3 is 2.26 bits per heavy atom. The van der Waals surface area contributed by atoms with Crippen molar-refractivity contribution >= 4 is 15.7 Å². The highest BCUT2D eigenvalue weighted by Crippen LogP contribution is 2.22. The molecule has 0 aliphatic rings. The molecule has 0 spiro atoms. The van der Waals surface area contributed by atoms with E-state index in [0.29, 0.717) is 24.2 Å². The van der Waals surface area contributed by atoms with E-state index in [1.54, 1.807) is 6.92 Å². The van der Waals surface area contributed by atoms with E-state index in [4.69, 9.17) is 0 Å². The van der Waals surface area contributed by atoms with Gasteiger partial charge in [-0.2, -0.15) is 0 Å². The molecule has 1 N–H and O–H groups in total. The summed E-state index contributed by atoms with van der Waals surface area (Å²) in [6.07, 6.45) is 0. The van der Waals surface area contributed by atoms with Crippen molar-refractivity contribution < 1.29 is 13.3 Å². The lowest BCUT2D eigenvalue weighted by atomic mass is 10.2. The predicted octanol–water partition coefficient (Wildman–Crippen LogP) is 2.30. The second-order valence-corrected chi connectivity index (χ2v) is 7.80. The molecule has 0 aliphatic heterocycles. The van der Waals surface area contributed by atoms with E-state index >= 15 is 0 Å². The molecule has 0 unspecified atom stereocenters. The van der Waals surface area contributed by atoms with Gasteiger partial charge in [-0.1, -0.05) is 6.07 Å². The lowest BCUT2D eigenvalue weighted by Gasteiger charge is -2.30. The Morgan fingerprint density at radius 1 is 1.22 bits per heavy atom. The van der Waals surface area contributed by atoms with Crippen LogP contribution in [-0.4, -0.2) is 43.4 Å². The minimum Gasteiger partial charge on any atom is -0.297 e. The standard InChI is InChI=1S/C15H25N3O4S/c1-11(2)17(12(3)4)9-8-16-23(21,22)14-7-6-13(5)15(10-14)18(19)20/h6-7,10-12,16H,8-9H2,1-5H3. The van der Waals surface area contributed by atoms with Crippen LogP contribution in [-0.2, 0) is 10.0 Å². The van der Waals surface area contributed by atoms with Gasteiger partial charge in [0.05, 0.1) is 9.82 Å². The predicted molar refractivity (Wildman–Crippen MR) is 90.0 cm³/mol. The van der Waals surface area contributed by atoms with Crippen molar-refractivity contribution in [2.24, 2.45) is 0 Å². The molecule has 0 bridgehead atoms. The van der Waals surface area contributed by atoms with Crippen LogP contribution in [0.2, 0.25) is 0 Å². The molecule has 0 heterocycles. The van der Waals surface area contributed by atoms with Gasteiger partial charge in [0, 0.05) is 36.8 Å². The van der Waals surface area contributed by atoms with Crippen LogP contribution in [0.1, 0.15) is 33.3 Å². The number of benzene rings is 1. The van der Waals surface area contributed by atoms with Gasteiger partial charge in [0.25, 0.3) is 5.69 Å². The summed E-state index contributed by atoms with van der Waals surface area (Å²) in [6.45, 7) is 10.6. The van der Waals surface area contributed by atoms with Crippen LogP contribution in [0, 0.1) is 17.0 Å². The summed E-state index contributed by atoms with van der Waals surface area (Å²) in [5, 5.41) is 10.9. The van der Waals surface area contributed by atoms with Gasteiger partial charge < -0.3 is 0 Å². The number of nitrogens with one attached hydrogen (secondary N) is 1. The molecule has 0 radical (unpaired) electrons. The highest BCUT2D eigenvalue weighted by molar-refractivity contribution is 7.89. The van der Waals surface area contributed by atoms with Gasteiger partial charge in [0.15, 0.2) is 0 Å². The highest BCUT2D eigenvalue weighted by Gasteiger charge is 2.20. The molecule has 23 heavy (non-hydrogen) atoms. The zero-order valence-corrected chi connectivity index (χ0v) is 15.1. The van der Waals surface area contributed by atoms with Crippen molar-refractivity contribution in [3.63, 3.8) is 0 Å². The summed E-state index contributed by atoms with van der Waals surface area (Å²) >= 11 is 0. The Balaban J connectivity index is 2.84. The lowest BCUT2D eigenvalue weighted by molar-refractivity contribution is -0.385. The number of rotatable bonds is 8. The van der Waals surface area contributed by atoms with E-state index in [1.165, 1.54) is 12.1 Å². The average molecular weight is 343 g/mol. The molecule has 0 aromatic heterocycles. The fourth-order valence-corrected chi connectivity index (χ4v) is 3.50. The Morgan fingerprint density at radius 2 is 1.78 bits per heavy atom. The third-order valence-electron chi connectivity index (χ3n) is 3.68. The van der Waals surface area contributed by atoms with Gasteiger partial charge in [-0.3, -0.25) is 15.0 Å². The van der Waals surface area contributed by atoms with Gasteiger partial charge >= 0.3 is 0 Å². The van der Waals surface area contributed by atoms with Crippen LogP contribution in [0.3, 0.4) is 0 Å². The average Bonchev–Trinajstić information content (AvgIpc) is 2.42. The maximum absolute atomic E-state index is 12.3. The number of nitro benzene ring substituents is 1. The maximum atomic E-state index is 12.3. The quantitative estimate of drug-likeness (QED) is 0.577. The first-order valence-corrected chi connectivity index (χ1v) is 9.05. The third kappa shape index (κ3) is 5.26. The Hall–Kier alpha value is -1.51. The van der Waals surface area contributed by atoms with Crippen LogP contribution in [0.4, 0.5) is 5.69 Å². The van der Waals surface area contributed by atoms with E-state index in [2.05, 4.69) is 37.3 Å². The van der Waals surface area contributed by atoms with Crippen molar-refractivity contribution in [2.75, 3.05) is 13.1 Å². The lowest BCUT2D eigenvalue weighted by Crippen LogP contribution is -2.42. The van der Waals surface area contributed by atoms with Crippen molar-refractivity contribution in [1.82, 2.24) is 9.62 Å². The summed E-state index contributed by atoms with van der Waals surface area (Å²) in [5.74, 6) is 0. The second kappa shape index (κ2) is 7.85. The minimum atomic E-state index is -3.76. The highest BCUT2D eigenvalue weighted by atomic mass is 32.2. The van der Waals surface area contributed by atoms with Crippen LogP contribution in [0.15, 0.2) is 23.1 Å². The van der Waals surface area contributed by atoms with Gasteiger partial charge in [0.1, 0.15) is 0 Å². The number of hydrogen-bond acceptors (Lipinski definition) is 5. The molecular formula is C15H25N3O4S. The Labute approximate surface area is 137 Å². The topological polar surface area (TPSA) is 92.6 Å². The van der Waals surface area contributed by atoms with Crippen LogP contribution >= 0.6 is 0 Å². The Kier molecular flexibility index (Phi) is 6.67. The van der Waals surface area contributed by atoms with Crippen molar-refractivity contribution in [3.05, 3.63) is 33.9 Å². The van der Waals surface area contributed by atoms with E-state index in [9.17, 15) is 18.5 Å². The molecule has 1 rings (SSSR count). The molecule has 0 saturated carbocycles. The smallest absolute Gasteiger partial charge is 0.273 e. The van der Waals surface area contributed by atoms with Crippen molar-refractivity contribution in [2.45, 2.75) is 51.6 Å². The monoisotopic (exact) mass is 343 g/mol. The molecule has 8 heteroatoms. The van der Waals surface area contributed by atoms with E-state index < -0.39 is 14.9 Å². The van der Waals surface area contributed by atoms with E-state index in [1.807, 2.05) is 0 Å². The summed E-state index contributed by atoms with van der Waals surface area (Å²) in [5.41, 5.74) is 0.235. The second-order valence-electron chi connectivity index (χ2n) is 6.03. The summed E-state index contributed by atoms with van der Waals surface area (Å²) < 4.78 is 27.1. The zero-order chi connectivity index (χ0) is 17.8. The first-order chi connectivity index (χ1) is 10.6. The van der Waals surface area contributed by atoms with Crippen LogP contribution in [0.5, 0.6) is 0 Å². The SMILES string of the molecule is Cc1ccc(S(=O)(=O)NCCN(C(C)C)C(C)C)cc1[N+](=O)[O-]. The number of sulfonamides is 1. The molecule has 0 saturated heterocycles. The Bertz CT molecular complexity index is 649. The first kappa shape index (κ1) is 19.5. The molecule has 0 aliphatic carbocycles. The van der Waals surface area contributed by atoms with Gasteiger partial charge in [-0.25, -0.2) is 13.1 Å².